The van der Waals surface area contributed by atoms with Crippen LogP contribution in [0.5, 0.6) is 0 Å². The highest BCUT2D eigenvalue weighted by Crippen LogP contribution is 2.33. The molecule has 100 valence electrons. The lowest BCUT2D eigenvalue weighted by atomic mass is 10.2. The fourth-order valence-electron chi connectivity index (χ4n) is 1.84. The van der Waals surface area contributed by atoms with Gasteiger partial charge in [-0.15, -0.1) is 0 Å². The third-order valence-corrected chi connectivity index (χ3v) is 5.29. The lowest BCUT2D eigenvalue weighted by Gasteiger charge is -2.07. The summed E-state index contributed by atoms with van der Waals surface area (Å²) in [6.07, 6.45) is 4.72. The lowest BCUT2D eigenvalue weighted by Crippen LogP contribution is -2.24. The maximum absolute atomic E-state index is 12.0. The minimum absolute atomic E-state index is 0.346. The first kappa shape index (κ1) is 14.0. The Balaban J connectivity index is 1.87. The van der Waals surface area contributed by atoms with Crippen LogP contribution < -0.4 is 4.72 Å². The molecule has 1 aromatic carbocycles. The van der Waals surface area contributed by atoms with Gasteiger partial charge in [0, 0.05) is 11.9 Å². The van der Waals surface area contributed by atoms with Gasteiger partial charge in [0.2, 0.25) is 10.0 Å². The van der Waals surface area contributed by atoms with E-state index in [1.807, 2.05) is 12.1 Å². The first-order chi connectivity index (χ1) is 8.62. The first-order valence-corrected chi connectivity index (χ1v) is 8.87. The summed E-state index contributed by atoms with van der Waals surface area (Å²) in [4.78, 5) is 0.346. The second kappa shape index (κ2) is 6.17. The van der Waals surface area contributed by atoms with Crippen molar-refractivity contribution in [1.29, 1.82) is 0 Å². The van der Waals surface area contributed by atoms with Gasteiger partial charge in [-0.05, 0) is 36.5 Å². The Morgan fingerprint density at radius 2 is 1.89 bits per heavy atom. The van der Waals surface area contributed by atoms with Crippen molar-refractivity contribution < 1.29 is 8.42 Å². The molecule has 0 saturated heterocycles. The monoisotopic (exact) mass is 331 g/mol. The summed E-state index contributed by atoms with van der Waals surface area (Å²) >= 11 is 3.34. The molecule has 1 aliphatic carbocycles. The van der Waals surface area contributed by atoms with Crippen molar-refractivity contribution in [3.05, 3.63) is 29.8 Å². The smallest absolute Gasteiger partial charge is 0.211 e. The minimum Gasteiger partial charge on any atom is -0.211 e. The summed E-state index contributed by atoms with van der Waals surface area (Å²) < 4.78 is 26.6. The zero-order chi connectivity index (χ0) is 13.0. The zero-order valence-corrected chi connectivity index (χ0v) is 12.6. The Morgan fingerprint density at radius 3 is 2.44 bits per heavy atom. The molecule has 0 radical (unpaired) electrons. The van der Waals surface area contributed by atoms with E-state index in [0.29, 0.717) is 11.4 Å². The van der Waals surface area contributed by atoms with Gasteiger partial charge in [-0.25, -0.2) is 13.1 Å². The van der Waals surface area contributed by atoms with Crippen LogP contribution in [0, 0.1) is 5.92 Å². The van der Waals surface area contributed by atoms with E-state index >= 15 is 0 Å². The highest BCUT2D eigenvalue weighted by atomic mass is 79.9. The van der Waals surface area contributed by atoms with Gasteiger partial charge in [0.15, 0.2) is 0 Å². The number of alkyl halides is 1. The normalized spacial score (nSPS) is 15.8. The topological polar surface area (TPSA) is 46.2 Å². The molecule has 0 heterocycles. The van der Waals surface area contributed by atoms with Crippen LogP contribution in [0.15, 0.2) is 29.2 Å². The molecule has 1 aromatic rings. The van der Waals surface area contributed by atoms with Gasteiger partial charge in [0.1, 0.15) is 0 Å². The summed E-state index contributed by atoms with van der Waals surface area (Å²) in [5, 5.41) is 0.738. The predicted octanol–water partition coefficient (Wildman–Crippen LogP) is 3.05. The van der Waals surface area contributed by atoms with E-state index in [0.717, 1.165) is 29.7 Å². The van der Waals surface area contributed by atoms with E-state index in [-0.39, 0.29) is 0 Å². The molecule has 1 N–H and O–H groups in total. The van der Waals surface area contributed by atoms with Crippen LogP contribution in [-0.2, 0) is 15.4 Å². The van der Waals surface area contributed by atoms with Crippen LogP contribution >= 0.6 is 15.9 Å². The molecule has 3 nitrogen and oxygen atoms in total. The average Bonchev–Trinajstić information content (AvgIpc) is 3.19. The van der Waals surface area contributed by atoms with Crippen molar-refractivity contribution in [1.82, 2.24) is 4.72 Å². The number of nitrogens with one attached hydrogen (secondary N) is 1. The van der Waals surface area contributed by atoms with Crippen molar-refractivity contribution in [3.63, 3.8) is 0 Å². The molecule has 0 aliphatic heterocycles. The van der Waals surface area contributed by atoms with Crippen LogP contribution in [0.2, 0.25) is 0 Å². The van der Waals surface area contributed by atoms with Crippen LogP contribution in [0.1, 0.15) is 31.2 Å². The Labute approximate surface area is 117 Å². The molecule has 1 aliphatic rings. The van der Waals surface area contributed by atoms with Crippen LogP contribution in [0.25, 0.3) is 0 Å². The molecule has 0 atom stereocenters. The van der Waals surface area contributed by atoms with Gasteiger partial charge in [0.05, 0.1) is 4.90 Å². The van der Waals surface area contributed by atoms with Crippen LogP contribution in [-0.4, -0.2) is 15.0 Å². The van der Waals surface area contributed by atoms with Gasteiger partial charge in [0.25, 0.3) is 0 Å². The Morgan fingerprint density at radius 1 is 1.22 bits per heavy atom. The molecule has 2 rings (SSSR count). The molecule has 0 unspecified atom stereocenters. The predicted molar refractivity (Wildman–Crippen MR) is 76.2 cm³/mol. The molecular formula is C13H18BrNO2S. The van der Waals surface area contributed by atoms with E-state index in [1.54, 1.807) is 12.1 Å². The third-order valence-electron chi connectivity index (χ3n) is 3.17. The standard InChI is InChI=1S/C13H18BrNO2S/c14-10-12-5-7-13(8-6-12)18(16,17)15-9-1-2-11-3-4-11/h5-8,11,15H,1-4,9-10H2. The fraction of sp³-hybridized carbons (Fsp3) is 0.538. The van der Waals surface area contributed by atoms with E-state index in [2.05, 4.69) is 20.7 Å². The third kappa shape index (κ3) is 4.07. The van der Waals surface area contributed by atoms with Crippen molar-refractivity contribution >= 4 is 26.0 Å². The molecule has 0 aromatic heterocycles. The number of benzene rings is 1. The van der Waals surface area contributed by atoms with Crippen molar-refractivity contribution in [2.45, 2.75) is 35.9 Å². The van der Waals surface area contributed by atoms with Crippen LogP contribution in [0.4, 0.5) is 0 Å². The van der Waals surface area contributed by atoms with Gasteiger partial charge in [-0.1, -0.05) is 40.9 Å². The second-order valence-corrected chi connectivity index (χ2v) is 7.09. The number of hydrogen-bond acceptors (Lipinski definition) is 2. The summed E-state index contributed by atoms with van der Waals surface area (Å²) in [6, 6.07) is 6.96. The maximum Gasteiger partial charge on any atom is 0.240 e. The lowest BCUT2D eigenvalue weighted by molar-refractivity contribution is 0.572. The molecule has 0 spiro atoms. The fourth-order valence-corrected chi connectivity index (χ4v) is 3.29. The number of rotatable bonds is 7. The summed E-state index contributed by atoms with van der Waals surface area (Å²) in [5.41, 5.74) is 1.07. The van der Waals surface area contributed by atoms with E-state index in [1.165, 1.54) is 12.8 Å². The Bertz CT molecular complexity index is 480. The van der Waals surface area contributed by atoms with Crippen molar-refractivity contribution in [2.24, 2.45) is 5.92 Å². The molecule has 0 bridgehead atoms. The number of hydrogen-bond donors (Lipinski definition) is 1. The maximum atomic E-state index is 12.0. The number of sulfonamides is 1. The SMILES string of the molecule is O=S(=O)(NCCCC1CC1)c1ccc(CBr)cc1. The van der Waals surface area contributed by atoms with Gasteiger partial charge < -0.3 is 0 Å². The minimum atomic E-state index is -3.33. The molecule has 0 amide bonds. The molecule has 1 fully saturated rings. The highest BCUT2D eigenvalue weighted by molar-refractivity contribution is 9.08. The van der Waals surface area contributed by atoms with E-state index in [9.17, 15) is 8.42 Å². The van der Waals surface area contributed by atoms with E-state index in [4.69, 9.17) is 0 Å². The Hall–Kier alpha value is -0.390. The first-order valence-electron chi connectivity index (χ1n) is 6.26. The molecular weight excluding hydrogens is 314 g/mol. The van der Waals surface area contributed by atoms with Gasteiger partial charge in [-0.2, -0.15) is 0 Å². The Kier molecular flexibility index (Phi) is 4.81. The molecule has 18 heavy (non-hydrogen) atoms. The number of halogens is 1. The van der Waals surface area contributed by atoms with Crippen molar-refractivity contribution in [2.75, 3.05) is 6.54 Å². The second-order valence-electron chi connectivity index (χ2n) is 4.76. The van der Waals surface area contributed by atoms with Gasteiger partial charge in [-0.3, -0.25) is 0 Å². The summed E-state index contributed by atoms with van der Waals surface area (Å²) in [5.74, 6) is 0.854. The summed E-state index contributed by atoms with van der Waals surface area (Å²) in [7, 11) is -3.33. The van der Waals surface area contributed by atoms with Gasteiger partial charge >= 0.3 is 0 Å². The molecule has 1 saturated carbocycles. The highest BCUT2D eigenvalue weighted by Gasteiger charge is 2.20. The average molecular weight is 332 g/mol. The van der Waals surface area contributed by atoms with E-state index < -0.39 is 10.0 Å². The molecule has 5 heteroatoms. The van der Waals surface area contributed by atoms with Crippen molar-refractivity contribution in [3.8, 4) is 0 Å². The van der Waals surface area contributed by atoms with Crippen LogP contribution in [0.3, 0.4) is 0 Å². The zero-order valence-electron chi connectivity index (χ0n) is 10.2. The summed E-state index contributed by atoms with van der Waals surface area (Å²) in [6.45, 7) is 0.541. The quantitative estimate of drug-likeness (QED) is 0.616. The largest absolute Gasteiger partial charge is 0.240 e.